The number of hydrogen-bond acceptors (Lipinski definition) is 10. The summed E-state index contributed by atoms with van der Waals surface area (Å²) < 4.78 is 60.4. The van der Waals surface area contributed by atoms with Gasteiger partial charge in [0.15, 0.2) is 6.29 Å². The lowest BCUT2D eigenvalue weighted by Gasteiger charge is -2.30. The lowest BCUT2D eigenvalue weighted by atomic mass is 9.94. The Labute approximate surface area is 286 Å². The molecule has 15 heteroatoms. The molecule has 2 aliphatic rings. The van der Waals surface area contributed by atoms with Gasteiger partial charge in [0.25, 0.3) is 0 Å². The van der Waals surface area contributed by atoms with Crippen LogP contribution in [0.1, 0.15) is 60.1 Å². The van der Waals surface area contributed by atoms with Crippen LogP contribution in [0.4, 0.5) is 13.2 Å². The molecule has 2 fully saturated rings. The summed E-state index contributed by atoms with van der Waals surface area (Å²) in [4.78, 5) is 21.1. The molecule has 4 heterocycles. The van der Waals surface area contributed by atoms with Gasteiger partial charge in [0.05, 0.1) is 50.4 Å². The first-order valence-corrected chi connectivity index (χ1v) is 16.4. The number of hydrogen-bond donors (Lipinski definition) is 2. The quantitative estimate of drug-likeness (QED) is 0.175. The van der Waals surface area contributed by atoms with Crippen molar-refractivity contribution in [1.82, 2.24) is 34.0 Å². The van der Waals surface area contributed by atoms with E-state index in [1.165, 1.54) is 20.3 Å². The number of alkyl halides is 3. The van der Waals surface area contributed by atoms with Crippen LogP contribution in [-0.2, 0) is 37.8 Å². The number of aliphatic hydroxyl groups is 2. The van der Waals surface area contributed by atoms with Crippen molar-refractivity contribution >= 4 is 11.0 Å². The maximum Gasteiger partial charge on any atom is 0.416 e. The summed E-state index contributed by atoms with van der Waals surface area (Å²) in [7, 11) is 2.87. The fourth-order valence-electron chi connectivity index (χ4n) is 7.06. The van der Waals surface area contributed by atoms with Gasteiger partial charge in [0, 0.05) is 48.1 Å². The summed E-state index contributed by atoms with van der Waals surface area (Å²) in [5.74, 6) is 2.76. The second kappa shape index (κ2) is 13.2. The average molecular weight is 694 g/mol. The molecule has 0 spiro atoms. The van der Waals surface area contributed by atoms with Crippen molar-refractivity contribution in [1.29, 1.82) is 0 Å². The Bertz CT molecular complexity index is 2010. The fourth-order valence-corrected chi connectivity index (χ4v) is 7.06. The summed E-state index contributed by atoms with van der Waals surface area (Å²) in [5, 5.41) is 20.0. The Hall–Kier alpha value is -4.73. The number of ether oxygens (including phenoxy) is 3. The first kappa shape index (κ1) is 33.8. The molecule has 2 N–H and O–H groups in total. The first-order valence-electron chi connectivity index (χ1n) is 16.4. The second-order valence-electron chi connectivity index (χ2n) is 12.8. The fraction of sp³-hybridized carbons (Fsp3) is 0.429. The molecule has 7 rings (SSSR count). The number of aryl methyl sites for hydroxylation is 1. The van der Waals surface area contributed by atoms with Crippen LogP contribution in [0.15, 0.2) is 55.1 Å². The van der Waals surface area contributed by atoms with Crippen molar-refractivity contribution in [2.45, 2.75) is 63.9 Å². The van der Waals surface area contributed by atoms with Crippen molar-refractivity contribution < 1.29 is 37.6 Å². The Morgan fingerprint density at radius 2 is 1.86 bits per heavy atom. The van der Waals surface area contributed by atoms with E-state index in [9.17, 15) is 23.4 Å². The molecule has 2 atom stereocenters. The Morgan fingerprint density at radius 1 is 1.04 bits per heavy atom. The minimum Gasteiger partial charge on any atom is -0.496 e. The highest BCUT2D eigenvalue weighted by Gasteiger charge is 2.59. The summed E-state index contributed by atoms with van der Waals surface area (Å²) in [6.45, 7) is 5.46. The number of methoxy groups -OCH3 is 2. The Balaban J connectivity index is 1.08. The summed E-state index contributed by atoms with van der Waals surface area (Å²) in [5.41, 5.74) is 2.21. The predicted molar refractivity (Wildman–Crippen MR) is 175 cm³/mol. The number of benzene rings is 2. The van der Waals surface area contributed by atoms with Crippen LogP contribution in [0.3, 0.4) is 0 Å². The van der Waals surface area contributed by atoms with Crippen LogP contribution in [-0.4, -0.2) is 71.5 Å². The van der Waals surface area contributed by atoms with Crippen molar-refractivity contribution in [2.75, 3.05) is 27.3 Å². The SMILES string of the molecule is CCn1cncc1Cn1c(CN2CCC3(c4nccc(OCc5ccc(C(F)(F)F)cc5OC)n4)CC3C2)nc2c(OC)cc(C(O)O)cc21. The van der Waals surface area contributed by atoms with E-state index in [4.69, 9.17) is 24.2 Å². The van der Waals surface area contributed by atoms with Gasteiger partial charge in [-0.2, -0.15) is 18.2 Å². The smallest absolute Gasteiger partial charge is 0.416 e. The molecule has 12 nitrogen and oxygen atoms in total. The minimum atomic E-state index is -4.47. The van der Waals surface area contributed by atoms with Crippen molar-refractivity contribution in [2.24, 2.45) is 5.92 Å². The van der Waals surface area contributed by atoms with Gasteiger partial charge in [-0.15, -0.1) is 0 Å². The highest BCUT2D eigenvalue weighted by Crippen LogP contribution is 2.58. The highest BCUT2D eigenvalue weighted by molar-refractivity contribution is 5.84. The molecular weight excluding hydrogens is 655 g/mol. The molecule has 264 valence electrons. The van der Waals surface area contributed by atoms with Crippen LogP contribution >= 0.6 is 0 Å². The van der Waals surface area contributed by atoms with E-state index in [0.717, 1.165) is 61.6 Å². The molecule has 1 saturated heterocycles. The van der Waals surface area contributed by atoms with Crippen LogP contribution in [0, 0.1) is 5.92 Å². The summed E-state index contributed by atoms with van der Waals surface area (Å²) >= 11 is 0. The second-order valence-corrected chi connectivity index (χ2v) is 12.8. The lowest BCUT2D eigenvalue weighted by Crippen LogP contribution is -2.37. The van der Waals surface area contributed by atoms with E-state index in [1.54, 1.807) is 30.7 Å². The molecule has 1 aliphatic carbocycles. The third-order valence-electron chi connectivity index (χ3n) is 9.91. The number of imidazole rings is 2. The normalized spacial score (nSPS) is 19.2. The van der Waals surface area contributed by atoms with E-state index in [2.05, 4.69) is 30.9 Å². The molecule has 0 bridgehead atoms. The first-order chi connectivity index (χ1) is 24.0. The van der Waals surface area contributed by atoms with Gasteiger partial charge < -0.3 is 33.6 Å². The number of rotatable bonds is 12. The van der Waals surface area contributed by atoms with Crippen molar-refractivity contribution in [3.63, 3.8) is 0 Å². The van der Waals surface area contributed by atoms with Gasteiger partial charge in [0.1, 0.15) is 35.3 Å². The predicted octanol–water partition coefficient (Wildman–Crippen LogP) is 4.85. The molecule has 1 saturated carbocycles. The van der Waals surface area contributed by atoms with Crippen LogP contribution < -0.4 is 14.2 Å². The van der Waals surface area contributed by atoms with Crippen LogP contribution in [0.2, 0.25) is 0 Å². The number of halogens is 3. The lowest BCUT2D eigenvalue weighted by molar-refractivity contribution is -0.137. The zero-order valence-corrected chi connectivity index (χ0v) is 27.9. The number of aromatic nitrogens is 6. The number of fused-ring (bicyclic) bond motifs is 2. The molecule has 0 radical (unpaired) electrons. The molecule has 2 aromatic carbocycles. The molecule has 50 heavy (non-hydrogen) atoms. The molecular formula is C35H38F3N7O5. The molecule has 5 aromatic rings. The maximum atomic E-state index is 13.2. The van der Waals surface area contributed by atoms with E-state index in [-0.39, 0.29) is 17.8 Å². The van der Waals surface area contributed by atoms with Crippen LogP contribution in [0.5, 0.6) is 17.4 Å². The Morgan fingerprint density at radius 3 is 2.58 bits per heavy atom. The molecule has 2 unspecified atom stereocenters. The third-order valence-corrected chi connectivity index (χ3v) is 9.91. The number of nitrogens with zero attached hydrogens (tertiary/aromatic N) is 7. The van der Waals surface area contributed by atoms with Crippen LogP contribution in [0.25, 0.3) is 11.0 Å². The highest BCUT2D eigenvalue weighted by atomic mass is 19.4. The average Bonchev–Trinajstić information content (AvgIpc) is 3.51. The van der Waals surface area contributed by atoms with Gasteiger partial charge >= 0.3 is 6.18 Å². The topological polar surface area (TPSA) is 133 Å². The standard InChI is InChI=1S/C35H38F3N7O5/c1-4-44-20-39-15-25(44)17-45-26-11-22(32(46)47)12-28(49-3)31(26)41-29(45)18-43-10-8-34(14-24(34)16-43)33-40-9-7-30(42-33)50-19-21-5-6-23(35(36,37)38)13-27(21)48-2/h5-7,9,11-13,15,20,24,32,46-47H,4,8,10,14,16-19H2,1-3H3. The van der Waals surface area contributed by atoms with E-state index in [0.29, 0.717) is 53.1 Å². The maximum absolute atomic E-state index is 13.2. The van der Waals surface area contributed by atoms with Crippen molar-refractivity contribution in [3.8, 4) is 17.4 Å². The van der Waals surface area contributed by atoms with E-state index in [1.807, 2.05) is 6.20 Å². The van der Waals surface area contributed by atoms with Gasteiger partial charge in [0.2, 0.25) is 5.88 Å². The largest absolute Gasteiger partial charge is 0.496 e. The zero-order valence-electron chi connectivity index (χ0n) is 27.9. The van der Waals surface area contributed by atoms with Crippen molar-refractivity contribution in [3.05, 3.63) is 89.2 Å². The Kier molecular flexibility index (Phi) is 8.90. The molecule has 1 aliphatic heterocycles. The van der Waals surface area contributed by atoms with Gasteiger partial charge in [-0.05, 0) is 56.5 Å². The zero-order chi connectivity index (χ0) is 35.2. The van der Waals surface area contributed by atoms with E-state index < -0.39 is 18.0 Å². The van der Waals surface area contributed by atoms with E-state index >= 15 is 0 Å². The minimum absolute atomic E-state index is 0.00837. The summed E-state index contributed by atoms with van der Waals surface area (Å²) in [6, 6.07) is 8.32. The van der Waals surface area contributed by atoms with Gasteiger partial charge in [-0.3, -0.25) is 4.90 Å². The number of piperidine rings is 1. The molecule has 3 aromatic heterocycles. The number of likely N-dealkylation sites (tertiary alicyclic amines) is 1. The monoisotopic (exact) mass is 693 g/mol. The van der Waals surface area contributed by atoms with Gasteiger partial charge in [-0.25, -0.2) is 15.0 Å². The third kappa shape index (κ3) is 6.36. The van der Waals surface area contributed by atoms with Gasteiger partial charge in [-0.1, -0.05) is 6.07 Å². The molecule has 0 amide bonds. The number of aliphatic hydroxyl groups excluding tert-OH is 1. The summed E-state index contributed by atoms with van der Waals surface area (Å²) in [6.07, 6.45) is 0.914.